The number of hydrogen-bond acceptors (Lipinski definition) is 3. The molecule has 0 amide bonds. The van der Waals surface area contributed by atoms with Gasteiger partial charge in [0.1, 0.15) is 0 Å². The fraction of sp³-hybridized carbons (Fsp3) is 1.00. The van der Waals surface area contributed by atoms with E-state index >= 15 is 0 Å². The van der Waals surface area contributed by atoms with Gasteiger partial charge in [-0.3, -0.25) is 0 Å². The fourth-order valence-electron chi connectivity index (χ4n) is 2.71. The van der Waals surface area contributed by atoms with E-state index in [4.69, 9.17) is 4.74 Å². The van der Waals surface area contributed by atoms with Crippen LogP contribution in [0.1, 0.15) is 25.7 Å². The first-order chi connectivity index (χ1) is 6.23. The van der Waals surface area contributed by atoms with E-state index in [1.165, 1.54) is 19.4 Å². The van der Waals surface area contributed by atoms with Crippen LogP contribution in [0.25, 0.3) is 0 Å². The highest BCUT2D eigenvalue weighted by Crippen LogP contribution is 2.32. The van der Waals surface area contributed by atoms with Crippen LogP contribution < -0.4 is 0 Å². The number of fused-ring (bicyclic) bond motifs is 1. The van der Waals surface area contributed by atoms with Gasteiger partial charge in [-0.05, 0) is 32.2 Å². The summed E-state index contributed by atoms with van der Waals surface area (Å²) >= 11 is 0. The van der Waals surface area contributed by atoms with Gasteiger partial charge < -0.3 is 14.7 Å². The van der Waals surface area contributed by atoms with Crippen LogP contribution >= 0.6 is 0 Å². The molecule has 0 spiro atoms. The van der Waals surface area contributed by atoms with Gasteiger partial charge in [0.25, 0.3) is 0 Å². The van der Waals surface area contributed by atoms with Crippen LogP contribution in [0.4, 0.5) is 0 Å². The molecule has 2 atom stereocenters. The second-order valence-corrected chi connectivity index (χ2v) is 4.44. The fourth-order valence-corrected chi connectivity index (χ4v) is 2.71. The van der Waals surface area contributed by atoms with Gasteiger partial charge in [0.05, 0.1) is 12.2 Å². The molecule has 3 nitrogen and oxygen atoms in total. The van der Waals surface area contributed by atoms with E-state index in [9.17, 15) is 5.11 Å². The minimum Gasteiger partial charge on any atom is -0.387 e. The molecule has 0 aromatic rings. The van der Waals surface area contributed by atoms with Crippen LogP contribution in [-0.4, -0.2) is 48.5 Å². The quantitative estimate of drug-likeness (QED) is 0.684. The number of ether oxygens (including phenoxy) is 1. The summed E-state index contributed by atoms with van der Waals surface area (Å²) in [5.41, 5.74) is -0.541. The Morgan fingerprint density at radius 1 is 1.54 bits per heavy atom. The second kappa shape index (κ2) is 3.56. The molecule has 1 N–H and O–H groups in total. The third-order valence-electron chi connectivity index (χ3n) is 3.39. The first-order valence-corrected chi connectivity index (χ1v) is 5.19. The van der Waals surface area contributed by atoms with Gasteiger partial charge in [-0.15, -0.1) is 0 Å². The first-order valence-electron chi connectivity index (χ1n) is 5.19. The molecule has 2 saturated heterocycles. The molecular weight excluding hydrogens is 166 g/mol. The van der Waals surface area contributed by atoms with E-state index in [1.54, 1.807) is 7.11 Å². The monoisotopic (exact) mass is 185 g/mol. The van der Waals surface area contributed by atoms with Crippen molar-refractivity contribution >= 4 is 0 Å². The van der Waals surface area contributed by atoms with Gasteiger partial charge in [-0.2, -0.15) is 0 Å². The number of rotatable bonds is 2. The molecule has 13 heavy (non-hydrogen) atoms. The predicted molar refractivity (Wildman–Crippen MR) is 50.7 cm³/mol. The summed E-state index contributed by atoms with van der Waals surface area (Å²) in [6.45, 7) is 2.77. The smallest absolute Gasteiger partial charge is 0.0907 e. The van der Waals surface area contributed by atoms with Crippen LogP contribution in [0.3, 0.4) is 0 Å². The maximum Gasteiger partial charge on any atom is 0.0907 e. The third kappa shape index (κ3) is 1.87. The van der Waals surface area contributed by atoms with E-state index in [0.29, 0.717) is 12.6 Å². The highest BCUT2D eigenvalue weighted by atomic mass is 16.5. The first kappa shape index (κ1) is 9.44. The van der Waals surface area contributed by atoms with Crippen molar-refractivity contribution in [2.24, 2.45) is 0 Å². The number of nitrogens with zero attached hydrogens (tertiary/aromatic N) is 1. The van der Waals surface area contributed by atoms with Crippen molar-refractivity contribution in [1.29, 1.82) is 0 Å². The van der Waals surface area contributed by atoms with Crippen molar-refractivity contribution < 1.29 is 9.84 Å². The Kier molecular flexibility index (Phi) is 2.58. The minimum absolute atomic E-state index is 0.497. The van der Waals surface area contributed by atoms with Gasteiger partial charge in [-0.25, -0.2) is 0 Å². The molecule has 0 saturated carbocycles. The molecule has 2 fully saturated rings. The zero-order chi connectivity index (χ0) is 9.31. The normalized spacial score (nSPS) is 40.6. The molecule has 76 valence electrons. The summed E-state index contributed by atoms with van der Waals surface area (Å²) in [7, 11) is 1.67. The third-order valence-corrected chi connectivity index (χ3v) is 3.39. The van der Waals surface area contributed by atoms with E-state index < -0.39 is 5.60 Å². The lowest BCUT2D eigenvalue weighted by atomic mass is 9.87. The molecule has 0 bridgehead atoms. The summed E-state index contributed by atoms with van der Waals surface area (Å²) in [5.74, 6) is 0. The lowest BCUT2D eigenvalue weighted by Crippen LogP contribution is -2.49. The van der Waals surface area contributed by atoms with E-state index in [0.717, 1.165) is 19.4 Å². The molecule has 2 aliphatic rings. The van der Waals surface area contributed by atoms with Crippen molar-refractivity contribution in [3.05, 3.63) is 0 Å². The Labute approximate surface area is 79.7 Å². The van der Waals surface area contributed by atoms with Gasteiger partial charge >= 0.3 is 0 Å². The molecule has 0 aromatic heterocycles. The van der Waals surface area contributed by atoms with Crippen LogP contribution in [0, 0.1) is 0 Å². The lowest BCUT2D eigenvalue weighted by molar-refractivity contribution is -0.0813. The van der Waals surface area contributed by atoms with Gasteiger partial charge in [0.2, 0.25) is 0 Å². The Morgan fingerprint density at radius 3 is 3.15 bits per heavy atom. The molecule has 3 heteroatoms. The van der Waals surface area contributed by atoms with Gasteiger partial charge in [-0.1, -0.05) is 0 Å². The summed E-state index contributed by atoms with van der Waals surface area (Å²) < 4.78 is 5.06. The molecule has 0 radical (unpaired) electrons. The lowest BCUT2D eigenvalue weighted by Gasteiger charge is -2.40. The molecule has 0 aromatic carbocycles. The number of hydrogen-bond donors (Lipinski definition) is 1. The minimum atomic E-state index is -0.541. The average Bonchev–Trinajstić information content (AvgIpc) is 2.50. The van der Waals surface area contributed by atoms with Crippen molar-refractivity contribution in [2.75, 3.05) is 26.8 Å². The van der Waals surface area contributed by atoms with E-state index in [1.807, 2.05) is 0 Å². The average molecular weight is 185 g/mol. The highest BCUT2D eigenvalue weighted by molar-refractivity contribution is 4.94. The highest BCUT2D eigenvalue weighted by Gasteiger charge is 2.39. The number of methoxy groups -OCH3 is 1. The summed E-state index contributed by atoms with van der Waals surface area (Å²) in [5, 5.41) is 10.2. The zero-order valence-corrected chi connectivity index (χ0v) is 8.33. The van der Waals surface area contributed by atoms with Gasteiger partial charge in [0, 0.05) is 19.7 Å². The Balaban J connectivity index is 1.95. The Morgan fingerprint density at radius 2 is 2.38 bits per heavy atom. The molecule has 2 unspecified atom stereocenters. The standard InChI is InChI=1S/C10H19NO2/c1-13-8-10(12)4-6-11-5-2-3-9(11)7-10/h9,12H,2-8H2,1H3. The topological polar surface area (TPSA) is 32.7 Å². The molecule has 0 aliphatic carbocycles. The molecular formula is C10H19NO2. The number of aliphatic hydroxyl groups is 1. The maximum absolute atomic E-state index is 10.2. The summed E-state index contributed by atoms with van der Waals surface area (Å²) in [6, 6.07) is 0.619. The second-order valence-electron chi connectivity index (χ2n) is 4.44. The summed E-state index contributed by atoms with van der Waals surface area (Å²) in [6.07, 6.45) is 4.33. The Bertz CT molecular complexity index is 186. The molecule has 2 heterocycles. The zero-order valence-electron chi connectivity index (χ0n) is 8.33. The molecule has 2 rings (SSSR count). The largest absolute Gasteiger partial charge is 0.387 e. The Hall–Kier alpha value is -0.120. The predicted octanol–water partition coefficient (Wildman–Crippen LogP) is 0.622. The SMILES string of the molecule is COCC1(O)CCN2CCCC2C1. The van der Waals surface area contributed by atoms with Crippen molar-refractivity contribution in [1.82, 2.24) is 4.90 Å². The molecule has 2 aliphatic heterocycles. The number of piperidine rings is 1. The van der Waals surface area contributed by atoms with Crippen molar-refractivity contribution in [3.63, 3.8) is 0 Å². The van der Waals surface area contributed by atoms with E-state index in [2.05, 4.69) is 4.90 Å². The summed E-state index contributed by atoms with van der Waals surface area (Å²) in [4.78, 5) is 2.50. The van der Waals surface area contributed by atoms with Crippen LogP contribution in [0.2, 0.25) is 0 Å². The van der Waals surface area contributed by atoms with Gasteiger partial charge in [0.15, 0.2) is 0 Å². The van der Waals surface area contributed by atoms with E-state index in [-0.39, 0.29) is 0 Å². The van der Waals surface area contributed by atoms with Crippen molar-refractivity contribution in [3.8, 4) is 0 Å². The van der Waals surface area contributed by atoms with Crippen LogP contribution in [0.5, 0.6) is 0 Å². The maximum atomic E-state index is 10.2. The van der Waals surface area contributed by atoms with Crippen LogP contribution in [-0.2, 0) is 4.74 Å². The van der Waals surface area contributed by atoms with Crippen LogP contribution in [0.15, 0.2) is 0 Å². The van der Waals surface area contributed by atoms with Crippen molar-refractivity contribution in [2.45, 2.75) is 37.3 Å².